The summed E-state index contributed by atoms with van der Waals surface area (Å²) in [6, 6.07) is 16.5. The van der Waals surface area contributed by atoms with Gasteiger partial charge in [0.25, 0.3) is 0 Å². The number of benzene rings is 2. The second-order valence-electron chi connectivity index (χ2n) is 5.22. The first-order valence-corrected chi connectivity index (χ1v) is 8.75. The third kappa shape index (κ3) is 3.09. The second kappa shape index (κ2) is 6.21. The number of aryl methyl sites for hydroxylation is 1. The van der Waals surface area contributed by atoms with Gasteiger partial charge >= 0.3 is 0 Å². The zero-order chi connectivity index (χ0) is 14.9. The molecule has 1 heterocycles. The van der Waals surface area contributed by atoms with Crippen molar-refractivity contribution in [3.05, 3.63) is 69.7 Å². The van der Waals surface area contributed by atoms with Gasteiger partial charge in [0.2, 0.25) is 5.79 Å². The molecule has 1 fully saturated rings. The van der Waals surface area contributed by atoms with Crippen molar-refractivity contribution in [3.63, 3.8) is 0 Å². The van der Waals surface area contributed by atoms with Crippen molar-refractivity contribution < 1.29 is 9.47 Å². The number of halogens is 2. The van der Waals surface area contributed by atoms with Crippen LogP contribution in [0.4, 0.5) is 0 Å². The summed E-state index contributed by atoms with van der Waals surface area (Å²) in [5, 5.41) is 0.601. The minimum Gasteiger partial charge on any atom is -0.342 e. The maximum atomic E-state index is 6.27. The van der Waals surface area contributed by atoms with Gasteiger partial charge in [-0.15, -0.1) is 0 Å². The zero-order valence-electron chi connectivity index (χ0n) is 11.7. The largest absolute Gasteiger partial charge is 0.342 e. The molecule has 2 nitrogen and oxygen atoms in total. The molecule has 3 rings (SSSR count). The summed E-state index contributed by atoms with van der Waals surface area (Å²) in [7, 11) is 0. The molecule has 1 aliphatic heterocycles. The lowest BCUT2D eigenvalue weighted by atomic mass is 10.1. The summed E-state index contributed by atoms with van der Waals surface area (Å²) in [5.41, 5.74) is 3.43. The van der Waals surface area contributed by atoms with E-state index in [2.05, 4.69) is 63.0 Å². The van der Waals surface area contributed by atoms with E-state index in [1.54, 1.807) is 0 Å². The minimum atomic E-state index is -0.712. The van der Waals surface area contributed by atoms with E-state index in [9.17, 15) is 0 Å². The number of hydrogen-bond donors (Lipinski definition) is 0. The average Bonchev–Trinajstić information content (AvgIpc) is 2.94. The fourth-order valence-corrected chi connectivity index (χ4v) is 3.34. The zero-order valence-corrected chi connectivity index (χ0v) is 14.9. The molecule has 2 aromatic carbocycles. The highest BCUT2D eigenvalue weighted by Gasteiger charge is 2.42. The van der Waals surface area contributed by atoms with Crippen molar-refractivity contribution in [1.29, 1.82) is 0 Å². The molecule has 0 saturated carbocycles. The van der Waals surface area contributed by atoms with Gasteiger partial charge in [-0.3, -0.25) is 0 Å². The Balaban J connectivity index is 1.85. The molecule has 0 radical (unpaired) electrons. The third-order valence-electron chi connectivity index (χ3n) is 3.71. The van der Waals surface area contributed by atoms with E-state index in [1.165, 1.54) is 5.56 Å². The van der Waals surface area contributed by atoms with Gasteiger partial charge < -0.3 is 9.47 Å². The molecule has 0 spiro atoms. The van der Waals surface area contributed by atoms with Crippen LogP contribution in [0.15, 0.2) is 53.0 Å². The topological polar surface area (TPSA) is 18.5 Å². The van der Waals surface area contributed by atoms with Crippen molar-refractivity contribution in [3.8, 4) is 0 Å². The number of alkyl halides is 1. The molecule has 0 amide bonds. The van der Waals surface area contributed by atoms with E-state index in [1.807, 2.05) is 24.3 Å². The lowest BCUT2D eigenvalue weighted by Gasteiger charge is -2.26. The van der Waals surface area contributed by atoms with Gasteiger partial charge in [0.05, 0.1) is 11.9 Å². The average molecular weight is 412 g/mol. The monoisotopic (exact) mass is 410 g/mol. The quantitative estimate of drug-likeness (QED) is 0.654. The molecular weight excluding hydrogens is 396 g/mol. The first kappa shape index (κ1) is 15.2. The Hall–Kier alpha value is -0.680. The molecule has 2 aromatic rings. The molecular formula is C17H16Br2O2. The molecule has 1 saturated heterocycles. The number of rotatable bonds is 3. The number of ether oxygens (including phenoxy) is 2. The van der Waals surface area contributed by atoms with E-state index in [0.717, 1.165) is 15.6 Å². The van der Waals surface area contributed by atoms with Crippen molar-refractivity contribution in [1.82, 2.24) is 0 Å². The van der Waals surface area contributed by atoms with Crippen molar-refractivity contribution >= 4 is 31.9 Å². The van der Waals surface area contributed by atoms with Crippen LogP contribution in [0.3, 0.4) is 0 Å². The highest BCUT2D eigenvalue weighted by molar-refractivity contribution is 9.10. The van der Waals surface area contributed by atoms with E-state index in [0.29, 0.717) is 11.9 Å². The van der Waals surface area contributed by atoms with Gasteiger partial charge in [0.15, 0.2) is 0 Å². The van der Waals surface area contributed by atoms with Crippen LogP contribution < -0.4 is 0 Å². The Morgan fingerprint density at radius 1 is 1.10 bits per heavy atom. The molecule has 2 atom stereocenters. The summed E-state index contributed by atoms with van der Waals surface area (Å²) in [4.78, 5) is 0. The van der Waals surface area contributed by atoms with Gasteiger partial charge in [0, 0.05) is 10.0 Å². The van der Waals surface area contributed by atoms with Gasteiger partial charge in [-0.1, -0.05) is 73.8 Å². The summed E-state index contributed by atoms with van der Waals surface area (Å²) < 4.78 is 13.3. The Bertz CT molecular complexity index is 610. The van der Waals surface area contributed by atoms with Crippen LogP contribution in [-0.2, 0) is 15.3 Å². The number of hydrogen-bond acceptors (Lipinski definition) is 2. The van der Waals surface area contributed by atoms with Crippen molar-refractivity contribution in [2.75, 3.05) is 11.9 Å². The van der Waals surface area contributed by atoms with Crippen LogP contribution in [0, 0.1) is 6.92 Å². The Labute approximate surface area is 141 Å². The predicted molar refractivity (Wildman–Crippen MR) is 90.6 cm³/mol. The van der Waals surface area contributed by atoms with Crippen LogP contribution in [0.25, 0.3) is 0 Å². The van der Waals surface area contributed by atoms with E-state index < -0.39 is 5.79 Å². The standard InChI is InChI=1S/C17H16Br2O2/c1-12-2-4-13(5-3-12)16-10-20-17(11-18,21-16)14-6-8-15(19)9-7-14/h2-9,16H,10-11H2,1H3/t16-,17+/m1/s1. The second-order valence-corrected chi connectivity index (χ2v) is 6.70. The van der Waals surface area contributed by atoms with Crippen LogP contribution in [0.2, 0.25) is 0 Å². The molecule has 1 aliphatic rings. The van der Waals surface area contributed by atoms with Crippen molar-refractivity contribution in [2.45, 2.75) is 18.8 Å². The van der Waals surface area contributed by atoms with Gasteiger partial charge in [-0.25, -0.2) is 0 Å². The van der Waals surface area contributed by atoms with Gasteiger partial charge in [0.1, 0.15) is 6.10 Å². The Kier molecular flexibility index (Phi) is 4.50. The molecule has 0 bridgehead atoms. The molecule has 0 aromatic heterocycles. The summed E-state index contributed by atoms with van der Waals surface area (Å²) in [6.07, 6.45) is -0.0354. The molecule has 21 heavy (non-hydrogen) atoms. The van der Waals surface area contributed by atoms with Gasteiger partial charge in [-0.2, -0.15) is 0 Å². The van der Waals surface area contributed by atoms with Gasteiger partial charge in [-0.05, 0) is 24.6 Å². The maximum Gasteiger partial charge on any atom is 0.205 e. The fraction of sp³-hybridized carbons (Fsp3) is 0.294. The highest BCUT2D eigenvalue weighted by atomic mass is 79.9. The SMILES string of the molecule is Cc1ccc([C@H]2CO[C@](CBr)(c3ccc(Br)cc3)O2)cc1. The summed E-state index contributed by atoms with van der Waals surface area (Å²) in [5.74, 6) is -0.712. The molecule has 4 heteroatoms. The predicted octanol–water partition coefficient (Wildman–Crippen LogP) is 5.09. The van der Waals surface area contributed by atoms with E-state index >= 15 is 0 Å². The van der Waals surface area contributed by atoms with Crippen LogP contribution >= 0.6 is 31.9 Å². The highest BCUT2D eigenvalue weighted by Crippen LogP contribution is 2.41. The first-order valence-electron chi connectivity index (χ1n) is 6.83. The minimum absolute atomic E-state index is 0.0354. The normalized spacial score (nSPS) is 25.2. The van der Waals surface area contributed by atoms with E-state index in [-0.39, 0.29) is 6.10 Å². The van der Waals surface area contributed by atoms with Crippen LogP contribution in [-0.4, -0.2) is 11.9 Å². The molecule has 110 valence electrons. The van der Waals surface area contributed by atoms with Crippen LogP contribution in [0.5, 0.6) is 0 Å². The first-order chi connectivity index (χ1) is 10.1. The Morgan fingerprint density at radius 3 is 2.38 bits per heavy atom. The maximum absolute atomic E-state index is 6.27. The lowest BCUT2D eigenvalue weighted by Crippen LogP contribution is -2.29. The van der Waals surface area contributed by atoms with Crippen molar-refractivity contribution in [2.24, 2.45) is 0 Å². The van der Waals surface area contributed by atoms with E-state index in [4.69, 9.17) is 9.47 Å². The fourth-order valence-electron chi connectivity index (χ4n) is 2.46. The van der Waals surface area contributed by atoms with Crippen LogP contribution in [0.1, 0.15) is 22.8 Å². The Morgan fingerprint density at radius 2 is 1.76 bits per heavy atom. The lowest BCUT2D eigenvalue weighted by molar-refractivity contribution is -0.157. The third-order valence-corrected chi connectivity index (χ3v) is 4.98. The summed E-state index contributed by atoms with van der Waals surface area (Å²) in [6.45, 7) is 2.64. The molecule has 0 aliphatic carbocycles. The summed E-state index contributed by atoms with van der Waals surface area (Å²) >= 11 is 6.99. The smallest absolute Gasteiger partial charge is 0.205 e. The molecule has 0 N–H and O–H groups in total. The molecule has 0 unspecified atom stereocenters.